The maximum atomic E-state index is 11.3. The van der Waals surface area contributed by atoms with Crippen molar-refractivity contribution in [2.45, 2.75) is 26.3 Å². The van der Waals surface area contributed by atoms with Crippen molar-refractivity contribution in [1.29, 1.82) is 0 Å². The van der Waals surface area contributed by atoms with Crippen LogP contribution in [0.5, 0.6) is 0 Å². The van der Waals surface area contributed by atoms with Crippen molar-refractivity contribution in [1.82, 2.24) is 10.2 Å². The van der Waals surface area contributed by atoms with Crippen LogP contribution in [-0.4, -0.2) is 36.5 Å². The molecule has 0 spiro atoms. The fraction of sp³-hybridized carbons (Fsp3) is 0.875. The third kappa shape index (κ3) is 2.19. The van der Waals surface area contributed by atoms with Gasteiger partial charge in [-0.15, -0.1) is 0 Å². The molecule has 0 bridgehead atoms. The number of carbonyl (C=O) groups excluding carboxylic acids is 1. The molecule has 1 aliphatic rings. The molecule has 1 amide bonds. The lowest BCUT2D eigenvalue weighted by Gasteiger charge is -2.20. The molecule has 1 N–H and O–H groups in total. The van der Waals surface area contributed by atoms with Crippen LogP contribution in [0.1, 0.15) is 20.3 Å². The van der Waals surface area contributed by atoms with E-state index in [0.717, 1.165) is 19.6 Å². The Morgan fingerprint density at radius 1 is 1.73 bits per heavy atom. The molecule has 1 atom stereocenters. The van der Waals surface area contributed by atoms with Crippen molar-refractivity contribution in [2.75, 3.05) is 19.6 Å². The molecular weight excluding hydrogens is 140 g/mol. The first-order valence-corrected chi connectivity index (χ1v) is 4.25. The van der Waals surface area contributed by atoms with E-state index in [9.17, 15) is 4.79 Å². The predicted octanol–water partition coefficient (Wildman–Crippen LogP) is 0.217. The second-order valence-electron chi connectivity index (χ2n) is 3.04. The van der Waals surface area contributed by atoms with Gasteiger partial charge in [0.05, 0.1) is 0 Å². The molecule has 3 heteroatoms. The standard InChI is InChI=1S/C8H16N2O/c1-3-10-6-7(2)9-5-4-8(10)11/h7,9H,3-6H2,1-2H3. The fourth-order valence-corrected chi connectivity index (χ4v) is 1.39. The molecule has 1 unspecified atom stereocenters. The van der Waals surface area contributed by atoms with Gasteiger partial charge in [-0.05, 0) is 13.8 Å². The van der Waals surface area contributed by atoms with Crippen LogP contribution in [0.15, 0.2) is 0 Å². The fourth-order valence-electron chi connectivity index (χ4n) is 1.39. The van der Waals surface area contributed by atoms with Crippen LogP contribution in [0.3, 0.4) is 0 Å². The Balaban J connectivity index is 2.52. The summed E-state index contributed by atoms with van der Waals surface area (Å²) in [5, 5.41) is 3.28. The highest BCUT2D eigenvalue weighted by Crippen LogP contribution is 2.00. The number of carbonyl (C=O) groups is 1. The van der Waals surface area contributed by atoms with E-state index in [1.165, 1.54) is 0 Å². The van der Waals surface area contributed by atoms with Gasteiger partial charge in [0.1, 0.15) is 0 Å². The smallest absolute Gasteiger partial charge is 0.223 e. The molecule has 1 rings (SSSR count). The van der Waals surface area contributed by atoms with Crippen LogP contribution in [0, 0.1) is 0 Å². The number of likely N-dealkylation sites (N-methyl/N-ethyl adjacent to an activating group) is 1. The first-order chi connectivity index (χ1) is 5.24. The number of amides is 1. The zero-order valence-electron chi connectivity index (χ0n) is 7.26. The van der Waals surface area contributed by atoms with E-state index in [1.807, 2.05) is 11.8 Å². The average Bonchev–Trinajstić information content (AvgIpc) is 2.13. The van der Waals surface area contributed by atoms with Crippen LogP contribution < -0.4 is 5.32 Å². The summed E-state index contributed by atoms with van der Waals surface area (Å²) in [4.78, 5) is 13.2. The molecule has 11 heavy (non-hydrogen) atoms. The van der Waals surface area contributed by atoms with Crippen molar-refractivity contribution in [3.63, 3.8) is 0 Å². The Morgan fingerprint density at radius 3 is 3.09 bits per heavy atom. The third-order valence-corrected chi connectivity index (χ3v) is 2.06. The molecule has 1 heterocycles. The summed E-state index contributed by atoms with van der Waals surface area (Å²) < 4.78 is 0. The van der Waals surface area contributed by atoms with E-state index in [-0.39, 0.29) is 5.91 Å². The van der Waals surface area contributed by atoms with E-state index in [4.69, 9.17) is 0 Å². The molecule has 64 valence electrons. The average molecular weight is 156 g/mol. The Kier molecular flexibility index (Phi) is 2.88. The number of nitrogens with zero attached hydrogens (tertiary/aromatic N) is 1. The van der Waals surface area contributed by atoms with Crippen LogP contribution in [0.4, 0.5) is 0 Å². The summed E-state index contributed by atoms with van der Waals surface area (Å²) in [6.07, 6.45) is 0.651. The van der Waals surface area contributed by atoms with Gasteiger partial charge in [0.2, 0.25) is 5.91 Å². The van der Waals surface area contributed by atoms with Gasteiger partial charge in [0.15, 0.2) is 0 Å². The van der Waals surface area contributed by atoms with Gasteiger partial charge in [-0.2, -0.15) is 0 Å². The summed E-state index contributed by atoms with van der Waals surface area (Å²) in [5.74, 6) is 0.282. The molecule has 0 aromatic carbocycles. The number of hydrogen-bond acceptors (Lipinski definition) is 2. The molecule has 0 saturated carbocycles. The SMILES string of the molecule is CCN1CC(C)NCCC1=O. The zero-order valence-corrected chi connectivity index (χ0v) is 7.26. The molecular formula is C8H16N2O. The molecule has 0 radical (unpaired) electrons. The van der Waals surface area contributed by atoms with Gasteiger partial charge in [-0.3, -0.25) is 4.79 Å². The van der Waals surface area contributed by atoms with Crippen LogP contribution in [-0.2, 0) is 4.79 Å². The molecule has 1 fully saturated rings. The maximum absolute atomic E-state index is 11.3. The van der Waals surface area contributed by atoms with Crippen molar-refractivity contribution in [2.24, 2.45) is 0 Å². The highest BCUT2D eigenvalue weighted by Gasteiger charge is 2.17. The Morgan fingerprint density at radius 2 is 2.45 bits per heavy atom. The monoisotopic (exact) mass is 156 g/mol. The van der Waals surface area contributed by atoms with Gasteiger partial charge < -0.3 is 10.2 Å². The summed E-state index contributed by atoms with van der Waals surface area (Å²) in [5.41, 5.74) is 0. The Labute approximate surface area is 67.8 Å². The van der Waals surface area contributed by atoms with Gasteiger partial charge in [0.25, 0.3) is 0 Å². The minimum absolute atomic E-state index is 0.282. The van der Waals surface area contributed by atoms with Crippen molar-refractivity contribution >= 4 is 5.91 Å². The second-order valence-corrected chi connectivity index (χ2v) is 3.04. The zero-order chi connectivity index (χ0) is 8.27. The predicted molar refractivity (Wildman–Crippen MR) is 44.3 cm³/mol. The normalized spacial score (nSPS) is 26.9. The van der Waals surface area contributed by atoms with Crippen LogP contribution in [0.25, 0.3) is 0 Å². The van der Waals surface area contributed by atoms with Crippen molar-refractivity contribution in [3.8, 4) is 0 Å². The lowest BCUT2D eigenvalue weighted by molar-refractivity contribution is -0.130. The van der Waals surface area contributed by atoms with Crippen molar-refractivity contribution < 1.29 is 4.79 Å². The van der Waals surface area contributed by atoms with Gasteiger partial charge >= 0.3 is 0 Å². The maximum Gasteiger partial charge on any atom is 0.223 e. The van der Waals surface area contributed by atoms with E-state index >= 15 is 0 Å². The molecule has 1 aliphatic heterocycles. The largest absolute Gasteiger partial charge is 0.341 e. The summed E-state index contributed by atoms with van der Waals surface area (Å²) in [6.45, 7) is 6.66. The van der Waals surface area contributed by atoms with Gasteiger partial charge in [-0.25, -0.2) is 0 Å². The second kappa shape index (κ2) is 3.72. The van der Waals surface area contributed by atoms with Crippen LogP contribution >= 0.6 is 0 Å². The lowest BCUT2D eigenvalue weighted by Crippen LogP contribution is -2.37. The van der Waals surface area contributed by atoms with E-state index in [1.54, 1.807) is 0 Å². The molecule has 0 aromatic heterocycles. The van der Waals surface area contributed by atoms with Gasteiger partial charge in [0, 0.05) is 32.1 Å². The molecule has 0 aromatic rings. The topological polar surface area (TPSA) is 32.3 Å². The Hall–Kier alpha value is -0.570. The van der Waals surface area contributed by atoms with Crippen LogP contribution in [0.2, 0.25) is 0 Å². The summed E-state index contributed by atoms with van der Waals surface area (Å²) in [6, 6.07) is 0.446. The number of hydrogen-bond donors (Lipinski definition) is 1. The van der Waals surface area contributed by atoms with E-state index in [0.29, 0.717) is 12.5 Å². The highest BCUT2D eigenvalue weighted by molar-refractivity contribution is 5.76. The minimum atomic E-state index is 0.282. The van der Waals surface area contributed by atoms with E-state index in [2.05, 4.69) is 12.2 Å². The summed E-state index contributed by atoms with van der Waals surface area (Å²) >= 11 is 0. The molecule has 3 nitrogen and oxygen atoms in total. The lowest BCUT2D eigenvalue weighted by atomic mass is 10.3. The third-order valence-electron chi connectivity index (χ3n) is 2.06. The summed E-state index contributed by atoms with van der Waals surface area (Å²) in [7, 11) is 0. The quantitative estimate of drug-likeness (QED) is 0.589. The molecule has 1 saturated heterocycles. The number of nitrogens with one attached hydrogen (secondary N) is 1. The van der Waals surface area contributed by atoms with Crippen molar-refractivity contribution in [3.05, 3.63) is 0 Å². The first kappa shape index (κ1) is 8.53. The van der Waals surface area contributed by atoms with E-state index < -0.39 is 0 Å². The molecule has 0 aliphatic carbocycles. The highest BCUT2D eigenvalue weighted by atomic mass is 16.2. The van der Waals surface area contributed by atoms with Gasteiger partial charge in [-0.1, -0.05) is 0 Å². The number of rotatable bonds is 1. The Bertz CT molecular complexity index is 147. The minimum Gasteiger partial charge on any atom is -0.341 e. The first-order valence-electron chi connectivity index (χ1n) is 4.25.